The molecule has 0 aromatic carbocycles. The van der Waals surface area contributed by atoms with Gasteiger partial charge in [0.15, 0.2) is 0 Å². The van der Waals surface area contributed by atoms with Crippen LogP contribution >= 0.6 is 0 Å². The summed E-state index contributed by atoms with van der Waals surface area (Å²) in [7, 11) is 1.55. The number of aromatic amines is 1. The van der Waals surface area contributed by atoms with E-state index >= 15 is 0 Å². The van der Waals surface area contributed by atoms with E-state index in [0.717, 1.165) is 10.6 Å². The van der Waals surface area contributed by atoms with Crippen molar-refractivity contribution >= 4 is 0 Å². The van der Waals surface area contributed by atoms with Crippen molar-refractivity contribution in [2.75, 3.05) is 13.7 Å². The molecule has 2 N–H and O–H groups in total. The van der Waals surface area contributed by atoms with Crippen molar-refractivity contribution in [1.29, 1.82) is 0 Å². The number of nitrogens with one attached hydrogen (secondary N) is 1. The lowest BCUT2D eigenvalue weighted by Gasteiger charge is -2.05. The molecule has 0 unspecified atom stereocenters. The summed E-state index contributed by atoms with van der Waals surface area (Å²) in [5.41, 5.74) is -1.21. The Labute approximate surface area is 79.8 Å². The van der Waals surface area contributed by atoms with Gasteiger partial charge in [-0.25, -0.2) is 4.79 Å². The maximum Gasteiger partial charge on any atom is 0.331 e. The van der Waals surface area contributed by atoms with E-state index in [1.165, 1.54) is 0 Å². The molecule has 1 aromatic rings. The van der Waals surface area contributed by atoms with Crippen molar-refractivity contribution < 1.29 is 9.84 Å². The number of aromatic hydroxyl groups is 1. The van der Waals surface area contributed by atoms with Crippen molar-refractivity contribution in [3.63, 3.8) is 0 Å². The molecule has 78 valence electrons. The highest BCUT2D eigenvalue weighted by Crippen LogP contribution is 2.00. The molecule has 0 saturated carbocycles. The largest absolute Gasteiger partial charge is 0.494 e. The molecule has 0 aliphatic heterocycles. The highest BCUT2D eigenvalue weighted by atomic mass is 16.5. The first kappa shape index (κ1) is 10.5. The summed E-state index contributed by atoms with van der Waals surface area (Å²) in [5, 5.41) is 9.27. The molecule has 0 radical (unpaired) electrons. The van der Waals surface area contributed by atoms with Crippen molar-refractivity contribution in [3.8, 4) is 5.88 Å². The van der Waals surface area contributed by atoms with Crippen LogP contribution < -0.4 is 11.2 Å². The van der Waals surface area contributed by atoms with E-state index < -0.39 is 11.2 Å². The molecule has 0 spiro atoms. The second-order valence-corrected chi connectivity index (χ2v) is 2.79. The summed E-state index contributed by atoms with van der Waals surface area (Å²) in [4.78, 5) is 24.0. The Morgan fingerprint density at radius 2 is 2.29 bits per heavy atom. The molecular weight excluding hydrogens is 188 g/mol. The molecule has 14 heavy (non-hydrogen) atoms. The zero-order valence-electron chi connectivity index (χ0n) is 7.82. The summed E-state index contributed by atoms with van der Waals surface area (Å²) in [5.74, 6) is -0.324. The number of nitrogens with zero attached hydrogens (tertiary/aromatic N) is 1. The SMILES string of the molecule is COCCCn1c(O)cc(=O)[nH]c1=O. The molecule has 6 nitrogen and oxygen atoms in total. The average molecular weight is 200 g/mol. The lowest BCUT2D eigenvalue weighted by molar-refractivity contribution is 0.188. The molecule has 1 rings (SSSR count). The summed E-state index contributed by atoms with van der Waals surface area (Å²) in [6.07, 6.45) is 0.593. The topological polar surface area (TPSA) is 84.3 Å². The minimum Gasteiger partial charge on any atom is -0.494 e. The Morgan fingerprint density at radius 3 is 2.86 bits per heavy atom. The van der Waals surface area contributed by atoms with Gasteiger partial charge in [0.25, 0.3) is 5.56 Å². The Balaban J connectivity index is 2.86. The van der Waals surface area contributed by atoms with E-state index in [0.29, 0.717) is 19.6 Å². The summed E-state index contributed by atoms with van der Waals surface area (Å²) >= 11 is 0. The molecule has 0 atom stereocenters. The zero-order valence-corrected chi connectivity index (χ0v) is 7.82. The van der Waals surface area contributed by atoms with E-state index in [4.69, 9.17) is 4.74 Å². The van der Waals surface area contributed by atoms with Crippen LogP contribution in [-0.4, -0.2) is 28.4 Å². The van der Waals surface area contributed by atoms with Gasteiger partial charge in [-0.15, -0.1) is 0 Å². The highest BCUT2D eigenvalue weighted by molar-refractivity contribution is 5.05. The number of hydrogen-bond acceptors (Lipinski definition) is 4. The van der Waals surface area contributed by atoms with Crippen molar-refractivity contribution in [1.82, 2.24) is 9.55 Å². The average Bonchev–Trinajstić information content (AvgIpc) is 2.09. The molecule has 0 aliphatic rings. The molecule has 1 heterocycles. The van der Waals surface area contributed by atoms with Crippen LogP contribution in [0.2, 0.25) is 0 Å². The lowest BCUT2D eigenvalue weighted by Crippen LogP contribution is -2.29. The first-order valence-electron chi connectivity index (χ1n) is 4.17. The third-order valence-corrected chi connectivity index (χ3v) is 1.74. The number of aromatic nitrogens is 2. The highest BCUT2D eigenvalue weighted by Gasteiger charge is 2.03. The lowest BCUT2D eigenvalue weighted by atomic mass is 10.4. The predicted molar refractivity (Wildman–Crippen MR) is 49.5 cm³/mol. The smallest absolute Gasteiger partial charge is 0.331 e. The monoisotopic (exact) mass is 200 g/mol. The number of H-pyrrole nitrogens is 1. The molecular formula is C8H12N2O4. The Hall–Kier alpha value is -1.56. The Kier molecular flexibility index (Phi) is 3.47. The molecule has 1 aromatic heterocycles. The van der Waals surface area contributed by atoms with Gasteiger partial charge >= 0.3 is 5.69 Å². The van der Waals surface area contributed by atoms with Gasteiger partial charge in [0.1, 0.15) is 0 Å². The van der Waals surface area contributed by atoms with Crippen LogP contribution in [0.25, 0.3) is 0 Å². The Morgan fingerprint density at radius 1 is 1.57 bits per heavy atom. The fraction of sp³-hybridized carbons (Fsp3) is 0.500. The van der Waals surface area contributed by atoms with Gasteiger partial charge in [0.2, 0.25) is 5.88 Å². The normalized spacial score (nSPS) is 10.4. The number of rotatable bonds is 4. The minimum atomic E-state index is -0.605. The molecule has 0 bridgehead atoms. The zero-order chi connectivity index (χ0) is 10.6. The standard InChI is InChI=1S/C8H12N2O4/c1-14-4-2-3-10-7(12)5-6(11)9-8(10)13/h5,12H,2-4H2,1H3,(H,9,11,13). The maximum absolute atomic E-state index is 11.2. The molecule has 0 fully saturated rings. The van der Waals surface area contributed by atoms with Crippen molar-refractivity contribution in [2.45, 2.75) is 13.0 Å². The van der Waals surface area contributed by atoms with Crippen molar-refractivity contribution in [3.05, 3.63) is 26.9 Å². The number of hydrogen-bond donors (Lipinski definition) is 2. The van der Waals surface area contributed by atoms with E-state index in [1.54, 1.807) is 7.11 Å². The summed E-state index contributed by atoms with van der Waals surface area (Å²) in [6, 6.07) is 0.966. The second kappa shape index (κ2) is 4.61. The van der Waals surface area contributed by atoms with Gasteiger partial charge in [-0.05, 0) is 6.42 Å². The number of ether oxygens (including phenoxy) is 1. The van der Waals surface area contributed by atoms with E-state index in [1.807, 2.05) is 0 Å². The van der Waals surface area contributed by atoms with Gasteiger partial charge in [0, 0.05) is 20.3 Å². The van der Waals surface area contributed by atoms with Crippen LogP contribution in [-0.2, 0) is 11.3 Å². The first-order valence-corrected chi connectivity index (χ1v) is 4.17. The van der Waals surface area contributed by atoms with E-state index in [2.05, 4.69) is 4.98 Å². The third-order valence-electron chi connectivity index (χ3n) is 1.74. The van der Waals surface area contributed by atoms with Gasteiger partial charge < -0.3 is 9.84 Å². The quantitative estimate of drug-likeness (QED) is 0.628. The van der Waals surface area contributed by atoms with E-state index in [9.17, 15) is 14.7 Å². The predicted octanol–water partition coefficient (Wildman–Crippen LogP) is -0.721. The van der Waals surface area contributed by atoms with Crippen LogP contribution in [0, 0.1) is 0 Å². The van der Waals surface area contributed by atoms with Crippen molar-refractivity contribution in [2.24, 2.45) is 0 Å². The minimum absolute atomic E-state index is 0.315. The van der Waals surface area contributed by atoms with Gasteiger partial charge in [-0.2, -0.15) is 0 Å². The first-order chi connectivity index (χ1) is 6.65. The van der Waals surface area contributed by atoms with Gasteiger partial charge in [0.05, 0.1) is 6.07 Å². The van der Waals surface area contributed by atoms with Crippen LogP contribution in [0.3, 0.4) is 0 Å². The van der Waals surface area contributed by atoms with Crippen LogP contribution in [0.15, 0.2) is 15.7 Å². The van der Waals surface area contributed by atoms with E-state index in [-0.39, 0.29) is 5.88 Å². The molecule has 0 aliphatic carbocycles. The molecule has 0 saturated heterocycles. The maximum atomic E-state index is 11.2. The van der Waals surface area contributed by atoms with Gasteiger partial charge in [-0.3, -0.25) is 14.3 Å². The summed E-state index contributed by atoms with van der Waals surface area (Å²) < 4.78 is 5.88. The fourth-order valence-corrected chi connectivity index (χ4v) is 1.09. The Bertz CT molecular complexity index is 407. The van der Waals surface area contributed by atoms with Crippen LogP contribution in [0.4, 0.5) is 0 Å². The van der Waals surface area contributed by atoms with Crippen LogP contribution in [0.1, 0.15) is 6.42 Å². The second-order valence-electron chi connectivity index (χ2n) is 2.79. The third kappa shape index (κ3) is 2.46. The fourth-order valence-electron chi connectivity index (χ4n) is 1.09. The van der Waals surface area contributed by atoms with Gasteiger partial charge in [-0.1, -0.05) is 0 Å². The number of methoxy groups -OCH3 is 1. The van der Waals surface area contributed by atoms with Crippen LogP contribution in [0.5, 0.6) is 5.88 Å². The molecule has 0 amide bonds. The summed E-state index contributed by atoms with van der Waals surface area (Å²) in [6.45, 7) is 0.806. The molecule has 6 heteroatoms.